The molecule has 0 saturated carbocycles. The molecule has 1 aromatic heterocycles. The number of carbonyl (C=O) groups is 1. The van der Waals surface area contributed by atoms with Crippen LogP contribution in [0.4, 0.5) is 5.82 Å². The van der Waals surface area contributed by atoms with E-state index in [1.54, 1.807) is 6.07 Å². The molecule has 0 unspecified atom stereocenters. The van der Waals surface area contributed by atoms with Crippen LogP contribution in [-0.4, -0.2) is 47.1 Å². The van der Waals surface area contributed by atoms with Crippen molar-refractivity contribution in [3.05, 3.63) is 22.9 Å². The number of rotatable bonds is 8. The zero-order chi connectivity index (χ0) is 15.2. The highest BCUT2D eigenvalue weighted by Gasteiger charge is 2.19. The van der Waals surface area contributed by atoms with Crippen LogP contribution < -0.4 is 5.32 Å². The number of carboxylic acid groups (broad SMARTS) is 1. The van der Waals surface area contributed by atoms with Crippen LogP contribution >= 0.6 is 0 Å². The van der Waals surface area contributed by atoms with Crippen LogP contribution in [0.2, 0.25) is 0 Å². The Hall–Kier alpha value is -1.62. The predicted octanol–water partition coefficient (Wildman–Crippen LogP) is 2.41. The molecular formula is C16H25N3O2. The molecule has 0 atom stereocenters. The fourth-order valence-electron chi connectivity index (χ4n) is 2.85. The normalized spacial score (nSPS) is 13.5. The number of nitrogens with one attached hydrogen (secondary N) is 1. The third kappa shape index (κ3) is 3.94. The van der Waals surface area contributed by atoms with Crippen molar-refractivity contribution in [3.63, 3.8) is 0 Å². The van der Waals surface area contributed by atoms with Crippen LogP contribution in [0.25, 0.3) is 0 Å². The second-order valence-corrected chi connectivity index (χ2v) is 5.51. The van der Waals surface area contributed by atoms with E-state index in [0.717, 1.165) is 63.1 Å². The predicted molar refractivity (Wildman–Crippen MR) is 84.1 cm³/mol. The van der Waals surface area contributed by atoms with Gasteiger partial charge in [-0.05, 0) is 50.4 Å². The number of pyridine rings is 1. The first kappa shape index (κ1) is 15.8. The number of likely N-dealkylation sites (N-methyl/N-ethyl adjacent to an activating group) is 1. The largest absolute Gasteiger partial charge is 0.478 e. The van der Waals surface area contributed by atoms with Gasteiger partial charge >= 0.3 is 5.97 Å². The average molecular weight is 291 g/mol. The molecule has 116 valence electrons. The summed E-state index contributed by atoms with van der Waals surface area (Å²) in [5.41, 5.74) is 2.46. The van der Waals surface area contributed by atoms with E-state index in [4.69, 9.17) is 0 Å². The lowest BCUT2D eigenvalue weighted by molar-refractivity contribution is 0.0697. The maximum atomic E-state index is 11.4. The van der Waals surface area contributed by atoms with E-state index in [-0.39, 0.29) is 0 Å². The maximum absolute atomic E-state index is 11.4. The number of fused-ring (bicyclic) bond motifs is 1. The number of aryl methyl sites for hydroxylation is 2. The summed E-state index contributed by atoms with van der Waals surface area (Å²) in [7, 11) is 0. The van der Waals surface area contributed by atoms with Gasteiger partial charge in [0.1, 0.15) is 11.4 Å². The molecule has 5 nitrogen and oxygen atoms in total. The third-order valence-corrected chi connectivity index (χ3v) is 3.99. The van der Waals surface area contributed by atoms with E-state index in [0.29, 0.717) is 11.4 Å². The highest BCUT2D eigenvalue weighted by atomic mass is 16.4. The fraction of sp³-hybridized carbons (Fsp3) is 0.625. The highest BCUT2D eigenvalue weighted by Crippen LogP contribution is 2.25. The summed E-state index contributed by atoms with van der Waals surface area (Å²) in [5, 5.41) is 12.6. The van der Waals surface area contributed by atoms with Crippen molar-refractivity contribution >= 4 is 11.8 Å². The molecule has 0 aliphatic heterocycles. The van der Waals surface area contributed by atoms with Gasteiger partial charge in [-0.3, -0.25) is 0 Å². The molecule has 1 heterocycles. The molecule has 1 aromatic rings. The van der Waals surface area contributed by atoms with Gasteiger partial charge in [0.05, 0.1) is 0 Å². The Morgan fingerprint density at radius 3 is 2.86 bits per heavy atom. The lowest BCUT2D eigenvalue weighted by atomic mass is 10.1. The molecule has 0 bridgehead atoms. The van der Waals surface area contributed by atoms with Gasteiger partial charge in [-0.1, -0.05) is 13.8 Å². The van der Waals surface area contributed by atoms with Gasteiger partial charge in [-0.15, -0.1) is 0 Å². The van der Waals surface area contributed by atoms with Crippen LogP contribution in [0.15, 0.2) is 6.07 Å². The van der Waals surface area contributed by atoms with Crippen molar-refractivity contribution in [2.24, 2.45) is 0 Å². The number of nitrogens with zero attached hydrogens (tertiary/aromatic N) is 2. The molecular weight excluding hydrogens is 266 g/mol. The van der Waals surface area contributed by atoms with Crippen LogP contribution in [-0.2, 0) is 12.8 Å². The Bertz CT molecular complexity index is 503. The Morgan fingerprint density at radius 1 is 1.38 bits per heavy atom. The SMILES string of the molecule is CCCN(CC)CCNc1nc2c(cc1C(=O)O)CCC2. The van der Waals surface area contributed by atoms with E-state index in [1.807, 2.05) is 0 Å². The summed E-state index contributed by atoms with van der Waals surface area (Å²) >= 11 is 0. The van der Waals surface area contributed by atoms with Gasteiger partial charge in [-0.2, -0.15) is 0 Å². The zero-order valence-electron chi connectivity index (χ0n) is 13.0. The minimum atomic E-state index is -0.902. The molecule has 0 amide bonds. The molecule has 1 aliphatic carbocycles. The lowest BCUT2D eigenvalue weighted by Gasteiger charge is -2.20. The number of aromatic carboxylic acids is 1. The van der Waals surface area contributed by atoms with Crippen molar-refractivity contribution in [3.8, 4) is 0 Å². The summed E-state index contributed by atoms with van der Waals surface area (Å²) in [6, 6.07) is 1.80. The van der Waals surface area contributed by atoms with Gasteiger partial charge in [0.15, 0.2) is 0 Å². The molecule has 0 spiro atoms. The first-order valence-electron chi connectivity index (χ1n) is 7.88. The quantitative estimate of drug-likeness (QED) is 0.770. The number of hydrogen-bond donors (Lipinski definition) is 2. The summed E-state index contributed by atoms with van der Waals surface area (Å²) in [6.45, 7) is 8.02. The van der Waals surface area contributed by atoms with Crippen molar-refractivity contribution in [1.29, 1.82) is 0 Å². The Labute approximate surface area is 126 Å². The van der Waals surface area contributed by atoms with E-state index < -0.39 is 5.97 Å². The van der Waals surface area contributed by atoms with Crippen molar-refractivity contribution in [2.75, 3.05) is 31.5 Å². The fourth-order valence-corrected chi connectivity index (χ4v) is 2.85. The van der Waals surface area contributed by atoms with Crippen molar-refractivity contribution in [1.82, 2.24) is 9.88 Å². The van der Waals surface area contributed by atoms with Gasteiger partial charge in [-0.25, -0.2) is 9.78 Å². The first-order valence-corrected chi connectivity index (χ1v) is 7.88. The van der Waals surface area contributed by atoms with Crippen molar-refractivity contribution < 1.29 is 9.90 Å². The highest BCUT2D eigenvalue weighted by molar-refractivity contribution is 5.93. The van der Waals surface area contributed by atoms with Crippen LogP contribution in [0.1, 0.15) is 48.3 Å². The summed E-state index contributed by atoms with van der Waals surface area (Å²) < 4.78 is 0. The van der Waals surface area contributed by atoms with E-state index in [1.165, 1.54) is 0 Å². The Balaban J connectivity index is 2.03. The summed E-state index contributed by atoms with van der Waals surface area (Å²) in [5.74, 6) is -0.378. The molecule has 21 heavy (non-hydrogen) atoms. The first-order chi connectivity index (χ1) is 10.2. The van der Waals surface area contributed by atoms with Gasteiger partial charge in [0.25, 0.3) is 0 Å². The topological polar surface area (TPSA) is 65.5 Å². The van der Waals surface area contributed by atoms with E-state index in [2.05, 4.69) is 29.0 Å². The molecule has 1 aliphatic rings. The molecule has 2 rings (SSSR count). The van der Waals surface area contributed by atoms with Gasteiger partial charge < -0.3 is 15.3 Å². The Morgan fingerprint density at radius 2 is 2.19 bits per heavy atom. The number of aromatic nitrogens is 1. The molecule has 0 fully saturated rings. The van der Waals surface area contributed by atoms with Crippen LogP contribution in [0.3, 0.4) is 0 Å². The minimum Gasteiger partial charge on any atom is -0.478 e. The van der Waals surface area contributed by atoms with Gasteiger partial charge in [0.2, 0.25) is 0 Å². The van der Waals surface area contributed by atoms with Crippen LogP contribution in [0.5, 0.6) is 0 Å². The van der Waals surface area contributed by atoms with Crippen LogP contribution in [0, 0.1) is 0 Å². The summed E-state index contributed by atoms with van der Waals surface area (Å²) in [4.78, 5) is 18.3. The Kier molecular flexibility index (Phi) is 5.56. The monoisotopic (exact) mass is 291 g/mol. The maximum Gasteiger partial charge on any atom is 0.339 e. The van der Waals surface area contributed by atoms with Gasteiger partial charge in [0, 0.05) is 18.8 Å². The second kappa shape index (κ2) is 7.41. The smallest absolute Gasteiger partial charge is 0.339 e. The van der Waals surface area contributed by atoms with E-state index >= 15 is 0 Å². The number of carboxylic acids is 1. The molecule has 0 aromatic carbocycles. The molecule has 2 N–H and O–H groups in total. The third-order valence-electron chi connectivity index (χ3n) is 3.99. The number of anilines is 1. The zero-order valence-corrected chi connectivity index (χ0v) is 13.0. The second-order valence-electron chi connectivity index (χ2n) is 5.51. The minimum absolute atomic E-state index is 0.300. The molecule has 0 radical (unpaired) electrons. The van der Waals surface area contributed by atoms with E-state index in [9.17, 15) is 9.90 Å². The lowest BCUT2D eigenvalue weighted by Crippen LogP contribution is -2.30. The standard InChI is InChI=1S/C16H25N3O2/c1-3-9-19(4-2)10-8-17-15-13(16(20)21)11-12-6-5-7-14(12)18-15/h11H,3-10H2,1-2H3,(H,17,18)(H,20,21). The van der Waals surface area contributed by atoms with Crippen molar-refractivity contribution in [2.45, 2.75) is 39.5 Å². The average Bonchev–Trinajstić information content (AvgIpc) is 2.92. The number of hydrogen-bond acceptors (Lipinski definition) is 4. The molecule has 0 saturated heterocycles. The summed E-state index contributed by atoms with van der Waals surface area (Å²) in [6.07, 6.45) is 4.11. The molecule has 5 heteroatoms.